The van der Waals surface area contributed by atoms with E-state index >= 15 is 0 Å². The van der Waals surface area contributed by atoms with Crippen LogP contribution in [0.3, 0.4) is 0 Å². The molecule has 0 aliphatic carbocycles. The summed E-state index contributed by atoms with van der Waals surface area (Å²) in [5, 5.41) is 3.87. The van der Waals surface area contributed by atoms with Crippen LogP contribution in [0.25, 0.3) is 22.1 Å². The molecule has 1 atom stereocenters. The zero-order valence-electron chi connectivity index (χ0n) is 36.1. The summed E-state index contributed by atoms with van der Waals surface area (Å²) < 4.78 is 43.8. The molecule has 7 nitrogen and oxygen atoms in total. The number of aryl methyl sites for hydroxylation is 5. The first-order valence-electron chi connectivity index (χ1n) is 21.6. The van der Waals surface area contributed by atoms with Crippen molar-refractivity contribution >= 4 is 51.1 Å². The quantitative estimate of drug-likeness (QED) is 0.156. The Kier molecular flexibility index (Phi) is 14.2. The molecule has 63 heavy (non-hydrogen) atoms. The van der Waals surface area contributed by atoms with Crippen molar-refractivity contribution in [3.05, 3.63) is 151 Å². The van der Waals surface area contributed by atoms with E-state index < -0.39 is 11.7 Å². The molecule has 2 aliphatic rings. The topological polar surface area (TPSA) is 63.8 Å². The van der Waals surface area contributed by atoms with Gasteiger partial charge in [-0.3, -0.25) is 0 Å². The Hall–Kier alpha value is -4.90. The van der Waals surface area contributed by atoms with Crippen molar-refractivity contribution in [3.63, 3.8) is 0 Å². The van der Waals surface area contributed by atoms with Crippen LogP contribution in [0.4, 0.5) is 19.0 Å². The van der Waals surface area contributed by atoms with E-state index in [2.05, 4.69) is 103 Å². The Morgan fingerprint density at radius 3 is 1.67 bits per heavy atom. The van der Waals surface area contributed by atoms with Gasteiger partial charge in [-0.05, 0) is 155 Å². The molecule has 1 unspecified atom stereocenters. The Morgan fingerprint density at radius 2 is 1.17 bits per heavy atom. The van der Waals surface area contributed by atoms with Crippen molar-refractivity contribution in [2.75, 3.05) is 31.1 Å². The minimum Gasteiger partial charge on any atom is -0.357 e. The lowest BCUT2D eigenvalue weighted by Crippen LogP contribution is -2.35. The summed E-state index contributed by atoms with van der Waals surface area (Å²) >= 11 is 12.0. The van der Waals surface area contributed by atoms with E-state index in [1.807, 2.05) is 29.2 Å². The van der Waals surface area contributed by atoms with Crippen molar-refractivity contribution in [1.82, 2.24) is 29.4 Å². The molecule has 12 heteroatoms. The van der Waals surface area contributed by atoms with Gasteiger partial charge in [0, 0.05) is 50.2 Å². The van der Waals surface area contributed by atoms with E-state index in [4.69, 9.17) is 33.2 Å². The molecular weight excluding hydrogens is 839 g/mol. The fourth-order valence-corrected chi connectivity index (χ4v) is 9.13. The van der Waals surface area contributed by atoms with Crippen LogP contribution in [-0.2, 0) is 32.1 Å². The SMILES string of the molecule is C.Cc1cc2nc(CC3CCN(c4cc(Cl)c(C(F)(F)F)cn4)CC3)n(Cc3ccc(Cl)cc3)c2cc1C.Cc1ccc(Cn2c(CC3CCNC3)nc3cc(C)c(C)cc32)cc1. The smallest absolute Gasteiger partial charge is 0.357 e. The van der Waals surface area contributed by atoms with Crippen LogP contribution in [0.15, 0.2) is 85.1 Å². The number of hydrogen-bond acceptors (Lipinski definition) is 5. The maximum atomic E-state index is 13.0. The first-order valence-corrected chi connectivity index (χ1v) is 22.3. The maximum Gasteiger partial charge on any atom is 0.419 e. The number of imidazole rings is 2. The monoisotopic (exact) mass is 895 g/mol. The number of nitrogens with one attached hydrogen (secondary N) is 1. The summed E-state index contributed by atoms with van der Waals surface area (Å²) in [7, 11) is 0. The number of anilines is 1. The minimum atomic E-state index is -4.51. The number of fused-ring (bicyclic) bond motifs is 2. The van der Waals surface area contributed by atoms with E-state index in [0.29, 0.717) is 42.3 Å². The van der Waals surface area contributed by atoms with Crippen molar-refractivity contribution < 1.29 is 13.2 Å². The lowest BCUT2D eigenvalue weighted by Gasteiger charge is -2.33. The van der Waals surface area contributed by atoms with Gasteiger partial charge in [-0.2, -0.15) is 13.2 Å². The fraction of sp³-hybridized carbons (Fsp3) is 0.392. The Balaban J connectivity index is 0.000000200. The van der Waals surface area contributed by atoms with Gasteiger partial charge < -0.3 is 19.4 Å². The van der Waals surface area contributed by atoms with Crippen LogP contribution >= 0.6 is 23.2 Å². The lowest BCUT2D eigenvalue weighted by molar-refractivity contribution is -0.137. The third kappa shape index (κ3) is 10.7. The molecule has 0 bridgehead atoms. The number of alkyl halides is 3. The number of benzene rings is 4. The molecule has 1 N–H and O–H groups in total. The van der Waals surface area contributed by atoms with Crippen LogP contribution in [-0.4, -0.2) is 50.3 Å². The molecule has 2 saturated heterocycles. The van der Waals surface area contributed by atoms with Crippen molar-refractivity contribution in [1.29, 1.82) is 0 Å². The summed E-state index contributed by atoms with van der Waals surface area (Å²) in [5.74, 6) is 3.87. The fourth-order valence-electron chi connectivity index (χ4n) is 8.75. The van der Waals surface area contributed by atoms with Gasteiger partial charge in [0.25, 0.3) is 0 Å². The van der Waals surface area contributed by atoms with E-state index in [1.165, 1.54) is 57.2 Å². The first-order chi connectivity index (χ1) is 29.7. The second-order valence-electron chi connectivity index (χ2n) is 17.4. The number of piperidine rings is 1. The highest BCUT2D eigenvalue weighted by Gasteiger charge is 2.34. The van der Waals surface area contributed by atoms with Gasteiger partial charge in [-0.15, -0.1) is 0 Å². The Labute approximate surface area is 379 Å². The zero-order chi connectivity index (χ0) is 43.7. The zero-order valence-corrected chi connectivity index (χ0v) is 37.6. The van der Waals surface area contributed by atoms with E-state index in [-0.39, 0.29) is 12.4 Å². The molecule has 9 rings (SSSR count). The van der Waals surface area contributed by atoms with Gasteiger partial charge >= 0.3 is 6.18 Å². The molecule has 3 aromatic heterocycles. The van der Waals surface area contributed by atoms with Crippen LogP contribution < -0.4 is 10.2 Å². The maximum absolute atomic E-state index is 13.0. The molecule has 0 saturated carbocycles. The average molecular weight is 897 g/mol. The number of nitrogens with zero attached hydrogens (tertiary/aromatic N) is 6. The van der Waals surface area contributed by atoms with Gasteiger partial charge in [-0.1, -0.05) is 72.6 Å². The highest BCUT2D eigenvalue weighted by atomic mass is 35.5. The van der Waals surface area contributed by atoms with Crippen LogP contribution in [0, 0.1) is 46.5 Å². The largest absolute Gasteiger partial charge is 0.419 e. The van der Waals surface area contributed by atoms with E-state index in [9.17, 15) is 13.2 Å². The summed E-state index contributed by atoms with van der Waals surface area (Å²) in [5.41, 5.74) is 12.5. The van der Waals surface area contributed by atoms with Gasteiger partial charge in [0.2, 0.25) is 0 Å². The molecule has 7 aromatic rings. The Morgan fingerprint density at radius 1 is 0.667 bits per heavy atom. The minimum absolute atomic E-state index is 0. The van der Waals surface area contributed by atoms with Crippen molar-refractivity contribution in [2.24, 2.45) is 11.8 Å². The summed E-state index contributed by atoms with van der Waals surface area (Å²) in [6.07, 6.45) is 1.24. The van der Waals surface area contributed by atoms with Crippen LogP contribution in [0.1, 0.15) is 82.8 Å². The molecule has 0 amide bonds. The number of hydrogen-bond donors (Lipinski definition) is 1. The molecule has 2 aliphatic heterocycles. The number of aromatic nitrogens is 5. The molecule has 0 spiro atoms. The van der Waals surface area contributed by atoms with Gasteiger partial charge in [0.1, 0.15) is 17.5 Å². The molecule has 4 aromatic carbocycles. The second-order valence-corrected chi connectivity index (χ2v) is 18.3. The first kappa shape index (κ1) is 46.1. The predicted octanol–water partition coefficient (Wildman–Crippen LogP) is 12.7. The van der Waals surface area contributed by atoms with Gasteiger partial charge in [0.05, 0.1) is 32.7 Å². The average Bonchev–Trinajstić information content (AvgIpc) is 3.95. The Bertz CT molecular complexity index is 2670. The van der Waals surface area contributed by atoms with Crippen molar-refractivity contribution in [2.45, 2.75) is 93.4 Å². The number of pyridine rings is 1. The number of rotatable bonds is 9. The molecular formula is C51H58Cl2F3N7. The summed E-state index contributed by atoms with van der Waals surface area (Å²) in [6, 6.07) is 27.0. The molecule has 0 radical (unpaired) electrons. The third-order valence-electron chi connectivity index (χ3n) is 12.8. The standard InChI is InChI=1S/C28H27Cl2F3N4.C22H27N3.CH4/c1-17-11-24-25(12-18(17)2)37(16-20-3-5-21(29)6-4-20)27(35-24)13-19-7-9-36(10-8-19)26-14-23(30)22(15-34-26)28(31,32)33;1-15-4-6-18(7-5-15)14-25-21-11-17(3)16(2)10-20(21)24-22(25)12-19-8-9-23-13-19;/h3-6,11-12,14-15,19H,7-10,13,16H2,1-2H3;4-7,10-11,19,23H,8-9,12-14H2,1-3H3;1H4. The van der Waals surface area contributed by atoms with Gasteiger partial charge in [-0.25, -0.2) is 15.0 Å². The second kappa shape index (κ2) is 19.5. The summed E-state index contributed by atoms with van der Waals surface area (Å²) in [6.45, 7) is 16.0. The van der Waals surface area contributed by atoms with E-state index in [0.717, 1.165) is 79.5 Å². The van der Waals surface area contributed by atoms with Crippen LogP contribution in [0.5, 0.6) is 0 Å². The van der Waals surface area contributed by atoms with E-state index in [1.54, 1.807) is 0 Å². The highest BCUT2D eigenvalue weighted by molar-refractivity contribution is 6.31. The highest BCUT2D eigenvalue weighted by Crippen LogP contribution is 2.36. The normalized spacial score (nSPS) is 15.8. The van der Waals surface area contributed by atoms with Crippen molar-refractivity contribution in [3.8, 4) is 0 Å². The lowest BCUT2D eigenvalue weighted by atomic mass is 9.93. The number of halogens is 5. The van der Waals surface area contributed by atoms with Gasteiger partial charge in [0.15, 0.2) is 0 Å². The molecule has 2 fully saturated rings. The molecule has 332 valence electrons. The summed E-state index contributed by atoms with van der Waals surface area (Å²) in [4.78, 5) is 16.1. The molecule has 5 heterocycles. The van der Waals surface area contributed by atoms with Crippen LogP contribution in [0.2, 0.25) is 10.0 Å². The third-order valence-corrected chi connectivity index (χ3v) is 13.4. The predicted molar refractivity (Wildman–Crippen MR) is 254 cm³/mol.